The molecule has 7 nitrogen and oxygen atoms in total. The van der Waals surface area contributed by atoms with Crippen molar-refractivity contribution in [1.82, 2.24) is 20.4 Å². The summed E-state index contributed by atoms with van der Waals surface area (Å²) in [6.45, 7) is 5.46. The number of nitrogens with zero attached hydrogens (tertiary/aromatic N) is 2. The molecule has 1 heterocycles. The standard InChI is InChI=1S/C24H27F2N5O2/c1-24(2,3)21(23(33)28-15-9-10-15)29-22(32)19-16-5-4-6-17(25)20(16)31(30-19)12-13-7-8-14(27)11-18(13)26/h4-8,11,15,21H,9-10,12,27H2,1-3H3,(H,28,33)(H,29,32). The molecule has 0 aliphatic heterocycles. The number of benzene rings is 2. The molecule has 9 heteroatoms. The Balaban J connectivity index is 1.69. The van der Waals surface area contributed by atoms with Crippen molar-refractivity contribution in [1.29, 1.82) is 0 Å². The Morgan fingerprint density at radius 2 is 1.91 bits per heavy atom. The van der Waals surface area contributed by atoms with Crippen LogP contribution in [-0.4, -0.2) is 33.7 Å². The van der Waals surface area contributed by atoms with Crippen molar-refractivity contribution in [3.05, 3.63) is 59.3 Å². The maximum absolute atomic E-state index is 14.8. The van der Waals surface area contributed by atoms with E-state index in [0.29, 0.717) is 0 Å². The second-order valence-electron chi connectivity index (χ2n) is 9.55. The monoisotopic (exact) mass is 455 g/mol. The summed E-state index contributed by atoms with van der Waals surface area (Å²) in [6.07, 6.45) is 1.85. The molecular formula is C24H27F2N5O2. The van der Waals surface area contributed by atoms with E-state index in [4.69, 9.17) is 5.73 Å². The number of hydrogen-bond acceptors (Lipinski definition) is 4. The van der Waals surface area contributed by atoms with E-state index in [1.807, 2.05) is 20.8 Å². The lowest BCUT2D eigenvalue weighted by atomic mass is 9.86. The first-order valence-electron chi connectivity index (χ1n) is 10.8. The van der Waals surface area contributed by atoms with Crippen molar-refractivity contribution in [3.8, 4) is 0 Å². The quantitative estimate of drug-likeness (QED) is 0.496. The fourth-order valence-electron chi connectivity index (χ4n) is 3.72. The minimum absolute atomic E-state index is 0.0335. The molecule has 1 saturated carbocycles. The predicted molar refractivity (Wildman–Crippen MR) is 121 cm³/mol. The van der Waals surface area contributed by atoms with Gasteiger partial charge in [0, 0.05) is 22.7 Å². The lowest BCUT2D eigenvalue weighted by Gasteiger charge is -2.30. The van der Waals surface area contributed by atoms with E-state index in [1.165, 1.54) is 28.9 Å². The minimum atomic E-state index is -0.811. The van der Waals surface area contributed by atoms with Crippen molar-refractivity contribution in [2.24, 2.45) is 5.41 Å². The van der Waals surface area contributed by atoms with Crippen molar-refractivity contribution < 1.29 is 18.4 Å². The third-order valence-electron chi connectivity index (χ3n) is 5.66. The van der Waals surface area contributed by atoms with Crippen molar-refractivity contribution in [3.63, 3.8) is 0 Å². The summed E-state index contributed by atoms with van der Waals surface area (Å²) >= 11 is 0. The molecule has 3 aromatic rings. The normalized spacial score (nSPS) is 14.8. The topological polar surface area (TPSA) is 102 Å². The van der Waals surface area contributed by atoms with Crippen LogP contribution in [0.3, 0.4) is 0 Å². The fraction of sp³-hybridized carbons (Fsp3) is 0.375. The van der Waals surface area contributed by atoms with Crippen molar-refractivity contribution in [2.75, 3.05) is 5.73 Å². The molecular weight excluding hydrogens is 428 g/mol. The van der Waals surface area contributed by atoms with Gasteiger partial charge in [0.2, 0.25) is 5.91 Å². The highest BCUT2D eigenvalue weighted by Gasteiger charge is 2.36. The first kappa shape index (κ1) is 22.7. The van der Waals surface area contributed by atoms with Crippen LogP contribution in [0, 0.1) is 17.0 Å². The second-order valence-corrected chi connectivity index (χ2v) is 9.55. The number of carbonyl (C=O) groups is 2. The van der Waals surface area contributed by atoms with Gasteiger partial charge in [0.1, 0.15) is 23.2 Å². The number of aromatic nitrogens is 2. The molecule has 1 aromatic heterocycles. The smallest absolute Gasteiger partial charge is 0.273 e. The van der Waals surface area contributed by atoms with Crippen LogP contribution in [0.15, 0.2) is 36.4 Å². The van der Waals surface area contributed by atoms with Gasteiger partial charge < -0.3 is 16.4 Å². The van der Waals surface area contributed by atoms with Crippen LogP contribution >= 0.6 is 0 Å². The number of amides is 2. The highest BCUT2D eigenvalue weighted by Crippen LogP contribution is 2.26. The third-order valence-corrected chi connectivity index (χ3v) is 5.66. The largest absolute Gasteiger partial charge is 0.399 e. The van der Waals surface area contributed by atoms with Crippen LogP contribution < -0.4 is 16.4 Å². The Bertz CT molecular complexity index is 1230. The van der Waals surface area contributed by atoms with Gasteiger partial charge in [-0.05, 0) is 36.5 Å². The van der Waals surface area contributed by atoms with Crippen LogP contribution in [0.1, 0.15) is 49.7 Å². The first-order valence-corrected chi connectivity index (χ1v) is 10.8. The average Bonchev–Trinajstić information content (AvgIpc) is 3.46. The lowest BCUT2D eigenvalue weighted by Crippen LogP contribution is -2.54. The van der Waals surface area contributed by atoms with Crippen LogP contribution in [0.4, 0.5) is 14.5 Å². The fourth-order valence-corrected chi connectivity index (χ4v) is 3.72. The van der Waals surface area contributed by atoms with Crippen LogP contribution in [-0.2, 0) is 11.3 Å². The minimum Gasteiger partial charge on any atom is -0.399 e. The molecule has 1 unspecified atom stereocenters. The van der Waals surface area contributed by atoms with Gasteiger partial charge in [0.15, 0.2) is 5.69 Å². The molecule has 1 atom stereocenters. The van der Waals surface area contributed by atoms with E-state index in [1.54, 1.807) is 12.1 Å². The third kappa shape index (κ3) is 4.81. The number of halogens is 2. The Kier molecular flexibility index (Phi) is 5.82. The molecule has 174 valence electrons. The molecule has 33 heavy (non-hydrogen) atoms. The summed E-state index contributed by atoms with van der Waals surface area (Å²) < 4.78 is 30.4. The van der Waals surface area contributed by atoms with Gasteiger partial charge in [0.05, 0.1) is 6.54 Å². The maximum Gasteiger partial charge on any atom is 0.273 e. The zero-order chi connectivity index (χ0) is 23.9. The summed E-state index contributed by atoms with van der Waals surface area (Å²) in [7, 11) is 0. The number of nitrogens with one attached hydrogen (secondary N) is 2. The van der Waals surface area contributed by atoms with E-state index in [-0.39, 0.29) is 46.3 Å². The highest BCUT2D eigenvalue weighted by molar-refractivity contribution is 6.06. The molecule has 2 amide bonds. The van der Waals surface area contributed by atoms with E-state index >= 15 is 0 Å². The number of nitrogen functional groups attached to an aromatic ring is 1. The van der Waals surface area contributed by atoms with E-state index in [0.717, 1.165) is 12.8 Å². The van der Waals surface area contributed by atoms with E-state index in [2.05, 4.69) is 15.7 Å². The summed E-state index contributed by atoms with van der Waals surface area (Å²) in [5.74, 6) is -2.01. The van der Waals surface area contributed by atoms with Crippen LogP contribution in [0.5, 0.6) is 0 Å². The zero-order valence-electron chi connectivity index (χ0n) is 18.8. The summed E-state index contributed by atoms with van der Waals surface area (Å²) in [6, 6.07) is 7.85. The molecule has 0 spiro atoms. The summed E-state index contributed by atoms with van der Waals surface area (Å²) in [5, 5.41) is 10.3. The Hall–Kier alpha value is -3.49. The van der Waals surface area contributed by atoms with Gasteiger partial charge in [-0.2, -0.15) is 5.10 Å². The molecule has 0 bridgehead atoms. The number of rotatable bonds is 6. The number of hydrogen-bond donors (Lipinski definition) is 3. The SMILES string of the molecule is CC(C)(C)C(NC(=O)c1nn(Cc2ccc(N)cc2F)c2c(F)cccc12)C(=O)NC1CC1. The molecule has 0 radical (unpaired) electrons. The Labute approximate surface area is 190 Å². The summed E-state index contributed by atoms with van der Waals surface area (Å²) in [4.78, 5) is 26.0. The highest BCUT2D eigenvalue weighted by atomic mass is 19.1. The molecule has 2 aromatic carbocycles. The van der Waals surface area contributed by atoms with Crippen molar-refractivity contribution in [2.45, 2.75) is 52.2 Å². The van der Waals surface area contributed by atoms with E-state index < -0.39 is 29.0 Å². The number of nitrogens with two attached hydrogens (primary N) is 1. The van der Waals surface area contributed by atoms with Crippen molar-refractivity contribution >= 4 is 28.4 Å². The predicted octanol–water partition coefficient (Wildman–Crippen LogP) is 3.37. The molecule has 1 fully saturated rings. The van der Waals surface area contributed by atoms with Gasteiger partial charge in [0.25, 0.3) is 5.91 Å². The van der Waals surface area contributed by atoms with Gasteiger partial charge in [-0.1, -0.05) is 39.0 Å². The number of carbonyl (C=O) groups excluding carboxylic acids is 2. The van der Waals surface area contributed by atoms with Gasteiger partial charge in [-0.15, -0.1) is 0 Å². The average molecular weight is 456 g/mol. The molecule has 4 rings (SSSR count). The first-order chi connectivity index (χ1) is 15.5. The zero-order valence-corrected chi connectivity index (χ0v) is 18.8. The maximum atomic E-state index is 14.8. The molecule has 0 saturated heterocycles. The number of fused-ring (bicyclic) bond motifs is 1. The lowest BCUT2D eigenvalue weighted by molar-refractivity contribution is -0.125. The van der Waals surface area contributed by atoms with Crippen LogP contribution in [0.25, 0.3) is 10.9 Å². The molecule has 1 aliphatic rings. The van der Waals surface area contributed by atoms with E-state index in [9.17, 15) is 18.4 Å². The van der Waals surface area contributed by atoms with Gasteiger partial charge in [-0.3, -0.25) is 14.3 Å². The Morgan fingerprint density at radius 3 is 2.55 bits per heavy atom. The second kappa shape index (κ2) is 8.46. The van der Waals surface area contributed by atoms with Crippen LogP contribution in [0.2, 0.25) is 0 Å². The molecule has 1 aliphatic carbocycles. The Morgan fingerprint density at radius 1 is 1.18 bits per heavy atom. The summed E-state index contributed by atoms with van der Waals surface area (Å²) in [5.41, 5.74) is 5.61. The number of anilines is 1. The molecule has 4 N–H and O–H groups in total. The number of para-hydroxylation sites is 1. The van der Waals surface area contributed by atoms with Gasteiger partial charge in [-0.25, -0.2) is 8.78 Å². The van der Waals surface area contributed by atoms with Gasteiger partial charge >= 0.3 is 0 Å².